The highest BCUT2D eigenvalue weighted by atomic mass is 16.4. The van der Waals surface area contributed by atoms with E-state index in [2.05, 4.69) is 20.4 Å². The van der Waals surface area contributed by atoms with Crippen molar-refractivity contribution in [3.05, 3.63) is 23.8 Å². The maximum atomic E-state index is 12.3. The minimum atomic E-state index is -1.05. The molecule has 0 saturated heterocycles. The molecule has 2 N–H and O–H groups in total. The summed E-state index contributed by atoms with van der Waals surface area (Å²) in [7, 11) is 0. The second-order valence-electron chi connectivity index (χ2n) is 4.90. The number of aryl methyl sites for hydroxylation is 1. The van der Waals surface area contributed by atoms with Gasteiger partial charge in [0.1, 0.15) is 12.4 Å². The first-order chi connectivity index (χ1) is 9.95. The van der Waals surface area contributed by atoms with E-state index in [1.54, 1.807) is 13.8 Å². The highest BCUT2D eigenvalue weighted by molar-refractivity contribution is 5.97. The van der Waals surface area contributed by atoms with Crippen LogP contribution in [0.1, 0.15) is 36.3 Å². The van der Waals surface area contributed by atoms with Crippen molar-refractivity contribution in [1.29, 1.82) is 0 Å². The van der Waals surface area contributed by atoms with Crippen LogP contribution < -0.4 is 5.32 Å². The van der Waals surface area contributed by atoms with Crippen LogP contribution in [0.3, 0.4) is 0 Å². The van der Waals surface area contributed by atoms with E-state index in [0.29, 0.717) is 17.9 Å². The summed E-state index contributed by atoms with van der Waals surface area (Å²) < 4.78 is 1.44. The number of hydrogen-bond acceptors (Lipinski definition) is 5. The molecule has 0 aliphatic rings. The minimum absolute atomic E-state index is 0.171. The van der Waals surface area contributed by atoms with Gasteiger partial charge in [-0.3, -0.25) is 4.79 Å². The largest absolute Gasteiger partial charge is 0.480 e. The molecule has 2 unspecified atom stereocenters. The van der Waals surface area contributed by atoms with Crippen molar-refractivity contribution in [2.45, 2.75) is 33.2 Å². The predicted molar refractivity (Wildman–Crippen MR) is 73.9 cm³/mol. The van der Waals surface area contributed by atoms with Crippen LogP contribution in [0.4, 0.5) is 0 Å². The number of nitrogens with zero attached hydrogens (tertiary/aromatic N) is 4. The van der Waals surface area contributed by atoms with Crippen molar-refractivity contribution in [2.75, 3.05) is 0 Å². The van der Waals surface area contributed by atoms with Crippen molar-refractivity contribution in [1.82, 2.24) is 24.9 Å². The Morgan fingerprint density at radius 2 is 2.14 bits per heavy atom. The first-order valence-electron chi connectivity index (χ1n) is 6.64. The summed E-state index contributed by atoms with van der Waals surface area (Å²) in [4.78, 5) is 31.5. The van der Waals surface area contributed by atoms with Gasteiger partial charge in [-0.1, -0.05) is 20.3 Å². The Morgan fingerprint density at radius 1 is 1.43 bits per heavy atom. The lowest BCUT2D eigenvalue weighted by atomic mass is 9.99. The molecule has 2 atom stereocenters. The number of amides is 1. The van der Waals surface area contributed by atoms with Gasteiger partial charge in [0.25, 0.3) is 11.7 Å². The van der Waals surface area contributed by atoms with Crippen LogP contribution in [0.15, 0.2) is 12.5 Å². The van der Waals surface area contributed by atoms with Crippen molar-refractivity contribution in [3.63, 3.8) is 0 Å². The number of rotatable bonds is 5. The SMILES string of the molecule is CCC(C)C(NC(=O)c1cnc2ncnn2c1C)C(=O)O. The molecule has 0 aromatic carbocycles. The number of carbonyl (C=O) groups excluding carboxylic acids is 1. The van der Waals surface area contributed by atoms with E-state index in [1.807, 2.05) is 6.92 Å². The molecule has 21 heavy (non-hydrogen) atoms. The number of nitrogens with one attached hydrogen (secondary N) is 1. The van der Waals surface area contributed by atoms with Crippen LogP contribution in [-0.4, -0.2) is 42.6 Å². The van der Waals surface area contributed by atoms with Gasteiger partial charge in [-0.15, -0.1) is 0 Å². The molecule has 0 fully saturated rings. The van der Waals surface area contributed by atoms with Crippen molar-refractivity contribution in [2.24, 2.45) is 5.92 Å². The smallest absolute Gasteiger partial charge is 0.326 e. The molecule has 1 amide bonds. The Hall–Kier alpha value is -2.51. The number of hydrogen-bond donors (Lipinski definition) is 2. The van der Waals surface area contributed by atoms with E-state index in [-0.39, 0.29) is 11.5 Å². The third-order valence-electron chi connectivity index (χ3n) is 3.56. The summed E-state index contributed by atoms with van der Waals surface area (Å²) >= 11 is 0. The molecule has 2 heterocycles. The molecule has 8 nitrogen and oxygen atoms in total. The van der Waals surface area contributed by atoms with Crippen LogP contribution in [0, 0.1) is 12.8 Å². The Kier molecular flexibility index (Phi) is 4.15. The number of aromatic nitrogens is 4. The monoisotopic (exact) mass is 291 g/mol. The van der Waals surface area contributed by atoms with Gasteiger partial charge in [0.05, 0.1) is 11.3 Å². The molecule has 0 saturated carbocycles. The predicted octanol–water partition coefficient (Wildman–Crippen LogP) is 0.662. The molecule has 0 bridgehead atoms. The zero-order valence-corrected chi connectivity index (χ0v) is 12.1. The lowest BCUT2D eigenvalue weighted by Gasteiger charge is -2.20. The fraction of sp³-hybridized carbons (Fsp3) is 0.462. The Morgan fingerprint density at radius 3 is 2.76 bits per heavy atom. The Balaban J connectivity index is 2.29. The summed E-state index contributed by atoms with van der Waals surface area (Å²) in [6.07, 6.45) is 3.37. The second kappa shape index (κ2) is 5.86. The highest BCUT2D eigenvalue weighted by Crippen LogP contribution is 2.11. The van der Waals surface area contributed by atoms with Gasteiger partial charge in [0, 0.05) is 6.20 Å². The number of carbonyl (C=O) groups is 2. The van der Waals surface area contributed by atoms with Gasteiger partial charge < -0.3 is 10.4 Å². The topological polar surface area (TPSA) is 109 Å². The standard InChI is InChI=1S/C13H17N5O3/c1-4-7(2)10(12(20)21)17-11(19)9-5-14-13-15-6-16-18(13)8(9)3/h5-7,10H,4H2,1-3H3,(H,17,19)(H,20,21). The molecule has 0 aliphatic heterocycles. The number of carboxylic acid groups (broad SMARTS) is 1. The number of aliphatic carboxylic acids is 1. The van der Waals surface area contributed by atoms with Gasteiger partial charge in [-0.2, -0.15) is 10.1 Å². The lowest BCUT2D eigenvalue weighted by Crippen LogP contribution is -2.45. The molecule has 112 valence electrons. The summed E-state index contributed by atoms with van der Waals surface area (Å²) in [5.41, 5.74) is 0.839. The van der Waals surface area contributed by atoms with Crippen LogP contribution >= 0.6 is 0 Å². The normalized spacial score (nSPS) is 13.9. The average Bonchev–Trinajstić information content (AvgIpc) is 2.93. The molecule has 8 heteroatoms. The van der Waals surface area contributed by atoms with Crippen LogP contribution in [-0.2, 0) is 4.79 Å². The van der Waals surface area contributed by atoms with Crippen LogP contribution in [0.25, 0.3) is 5.78 Å². The third kappa shape index (κ3) is 2.83. The van der Waals surface area contributed by atoms with E-state index in [1.165, 1.54) is 17.0 Å². The maximum Gasteiger partial charge on any atom is 0.326 e. The van der Waals surface area contributed by atoms with Crippen LogP contribution in [0.2, 0.25) is 0 Å². The molecule has 0 radical (unpaired) electrons. The van der Waals surface area contributed by atoms with Crippen molar-refractivity contribution < 1.29 is 14.7 Å². The van der Waals surface area contributed by atoms with E-state index >= 15 is 0 Å². The summed E-state index contributed by atoms with van der Waals surface area (Å²) in [6.45, 7) is 5.36. The number of fused-ring (bicyclic) bond motifs is 1. The molecule has 0 spiro atoms. The summed E-state index contributed by atoms with van der Waals surface area (Å²) in [5, 5.41) is 15.7. The minimum Gasteiger partial charge on any atom is -0.480 e. The number of carboxylic acids is 1. The molecule has 2 aromatic heterocycles. The fourth-order valence-electron chi connectivity index (χ4n) is 2.01. The van der Waals surface area contributed by atoms with Crippen molar-refractivity contribution >= 4 is 17.7 Å². The van der Waals surface area contributed by atoms with E-state index in [0.717, 1.165) is 0 Å². The molecule has 2 aromatic rings. The molecular weight excluding hydrogens is 274 g/mol. The maximum absolute atomic E-state index is 12.3. The zero-order valence-electron chi connectivity index (χ0n) is 12.1. The Bertz CT molecular complexity index is 681. The Labute approximate surface area is 121 Å². The zero-order chi connectivity index (χ0) is 15.6. The van der Waals surface area contributed by atoms with Gasteiger partial charge in [0.15, 0.2) is 0 Å². The quantitative estimate of drug-likeness (QED) is 0.837. The average molecular weight is 291 g/mol. The van der Waals surface area contributed by atoms with Crippen LogP contribution in [0.5, 0.6) is 0 Å². The first-order valence-corrected chi connectivity index (χ1v) is 6.64. The van der Waals surface area contributed by atoms with Gasteiger partial charge in [-0.05, 0) is 12.8 Å². The van der Waals surface area contributed by atoms with Gasteiger partial charge >= 0.3 is 5.97 Å². The third-order valence-corrected chi connectivity index (χ3v) is 3.56. The van der Waals surface area contributed by atoms with Crippen molar-refractivity contribution in [3.8, 4) is 0 Å². The molecule has 2 rings (SSSR count). The molecular formula is C13H17N5O3. The van der Waals surface area contributed by atoms with Gasteiger partial charge in [-0.25, -0.2) is 14.3 Å². The second-order valence-corrected chi connectivity index (χ2v) is 4.90. The van der Waals surface area contributed by atoms with Gasteiger partial charge in [0.2, 0.25) is 0 Å². The fourth-order valence-corrected chi connectivity index (χ4v) is 2.01. The highest BCUT2D eigenvalue weighted by Gasteiger charge is 2.26. The summed E-state index contributed by atoms with van der Waals surface area (Å²) in [5.74, 6) is -1.31. The van der Waals surface area contributed by atoms with E-state index in [4.69, 9.17) is 0 Å². The van der Waals surface area contributed by atoms with E-state index in [9.17, 15) is 14.7 Å². The first kappa shape index (κ1) is 14.9. The van der Waals surface area contributed by atoms with E-state index < -0.39 is 17.9 Å². The summed E-state index contributed by atoms with van der Waals surface area (Å²) in [6, 6.07) is -0.937. The molecule has 0 aliphatic carbocycles. The lowest BCUT2D eigenvalue weighted by molar-refractivity contribution is -0.140.